The lowest BCUT2D eigenvalue weighted by Gasteiger charge is -2.13. The van der Waals surface area contributed by atoms with Gasteiger partial charge in [-0.25, -0.2) is 0 Å². The Hall–Kier alpha value is -2.08. The number of aryl methyl sites for hydroxylation is 1. The molecule has 0 radical (unpaired) electrons. The summed E-state index contributed by atoms with van der Waals surface area (Å²) >= 11 is 0. The van der Waals surface area contributed by atoms with Crippen molar-refractivity contribution in [3.63, 3.8) is 0 Å². The molecular weight excluding hydrogens is 328 g/mol. The SMILES string of the molecule is COC(CN)CC(=O)Nc1ccc(Oc2cccc(C)c2)cc1.Cl. The minimum Gasteiger partial charge on any atom is -0.457 e. The third kappa shape index (κ3) is 6.20. The lowest BCUT2D eigenvalue weighted by atomic mass is 10.2. The number of hydrogen-bond acceptors (Lipinski definition) is 4. The Morgan fingerprint density at radius 3 is 2.46 bits per heavy atom. The molecule has 6 heteroatoms. The molecule has 0 spiro atoms. The Bertz CT molecular complexity index is 643. The topological polar surface area (TPSA) is 73.6 Å². The molecule has 1 unspecified atom stereocenters. The number of methoxy groups -OCH3 is 1. The summed E-state index contributed by atoms with van der Waals surface area (Å²) < 4.78 is 10.9. The quantitative estimate of drug-likeness (QED) is 0.801. The summed E-state index contributed by atoms with van der Waals surface area (Å²) in [7, 11) is 1.54. The summed E-state index contributed by atoms with van der Waals surface area (Å²) in [6.45, 7) is 2.33. The fraction of sp³-hybridized carbons (Fsp3) is 0.278. The molecule has 0 heterocycles. The lowest BCUT2D eigenvalue weighted by molar-refractivity contribution is -0.118. The zero-order valence-corrected chi connectivity index (χ0v) is 14.6. The number of carbonyl (C=O) groups is 1. The summed E-state index contributed by atoms with van der Waals surface area (Å²) in [5, 5.41) is 2.81. The number of ether oxygens (including phenoxy) is 2. The van der Waals surface area contributed by atoms with Crippen LogP contribution >= 0.6 is 12.4 Å². The predicted octanol–water partition coefficient (Wildman–Crippen LogP) is 3.51. The molecule has 0 aliphatic rings. The number of rotatable bonds is 7. The molecule has 0 aromatic heterocycles. The zero-order valence-electron chi connectivity index (χ0n) is 13.8. The Morgan fingerprint density at radius 2 is 1.88 bits per heavy atom. The van der Waals surface area contributed by atoms with E-state index in [0.717, 1.165) is 11.3 Å². The van der Waals surface area contributed by atoms with Gasteiger partial charge in [0.1, 0.15) is 11.5 Å². The molecule has 0 saturated heterocycles. The number of nitrogens with two attached hydrogens (primary N) is 1. The molecule has 5 nitrogen and oxygen atoms in total. The number of benzene rings is 2. The van der Waals surface area contributed by atoms with Gasteiger partial charge in [-0.2, -0.15) is 0 Å². The minimum absolute atomic E-state index is 0. The van der Waals surface area contributed by atoms with Gasteiger partial charge in [-0.15, -0.1) is 12.4 Å². The van der Waals surface area contributed by atoms with Crippen molar-refractivity contribution in [2.24, 2.45) is 5.73 Å². The summed E-state index contributed by atoms with van der Waals surface area (Å²) in [4.78, 5) is 11.9. The van der Waals surface area contributed by atoms with Gasteiger partial charge in [-0.05, 0) is 48.9 Å². The van der Waals surface area contributed by atoms with Gasteiger partial charge >= 0.3 is 0 Å². The summed E-state index contributed by atoms with van der Waals surface area (Å²) in [6, 6.07) is 15.1. The van der Waals surface area contributed by atoms with Crippen LogP contribution in [0.3, 0.4) is 0 Å². The molecule has 0 bridgehead atoms. The molecular formula is C18H23ClN2O3. The molecule has 2 aromatic rings. The molecule has 3 N–H and O–H groups in total. The fourth-order valence-corrected chi connectivity index (χ4v) is 2.10. The third-order valence-electron chi connectivity index (χ3n) is 3.37. The van der Waals surface area contributed by atoms with Gasteiger partial charge in [-0.1, -0.05) is 12.1 Å². The largest absolute Gasteiger partial charge is 0.457 e. The molecule has 1 atom stereocenters. The normalized spacial score (nSPS) is 11.3. The summed E-state index contributed by atoms with van der Waals surface area (Å²) in [5.74, 6) is 1.37. The molecule has 2 aromatic carbocycles. The van der Waals surface area contributed by atoms with Crippen molar-refractivity contribution in [3.05, 3.63) is 54.1 Å². The van der Waals surface area contributed by atoms with E-state index in [-0.39, 0.29) is 30.8 Å². The van der Waals surface area contributed by atoms with E-state index in [1.54, 1.807) is 19.2 Å². The number of amides is 1. The smallest absolute Gasteiger partial charge is 0.227 e. The van der Waals surface area contributed by atoms with Crippen LogP contribution in [0.4, 0.5) is 5.69 Å². The first-order valence-electron chi connectivity index (χ1n) is 7.48. The Labute approximate surface area is 148 Å². The van der Waals surface area contributed by atoms with Crippen LogP contribution in [-0.4, -0.2) is 25.7 Å². The van der Waals surface area contributed by atoms with Crippen molar-refractivity contribution in [1.82, 2.24) is 0 Å². The van der Waals surface area contributed by atoms with E-state index in [1.165, 1.54) is 0 Å². The maximum absolute atomic E-state index is 11.9. The van der Waals surface area contributed by atoms with Gasteiger partial charge in [0, 0.05) is 19.3 Å². The minimum atomic E-state index is -0.265. The Balaban J connectivity index is 0.00000288. The van der Waals surface area contributed by atoms with E-state index in [1.807, 2.05) is 43.3 Å². The molecule has 24 heavy (non-hydrogen) atoms. The first kappa shape index (κ1) is 20.0. The van der Waals surface area contributed by atoms with E-state index in [2.05, 4.69) is 5.32 Å². The van der Waals surface area contributed by atoms with Crippen molar-refractivity contribution in [2.45, 2.75) is 19.4 Å². The van der Waals surface area contributed by atoms with Gasteiger partial charge in [-0.3, -0.25) is 4.79 Å². The molecule has 1 amide bonds. The monoisotopic (exact) mass is 350 g/mol. The Morgan fingerprint density at radius 1 is 1.17 bits per heavy atom. The summed E-state index contributed by atoms with van der Waals surface area (Å²) in [6.07, 6.45) is -0.0342. The van der Waals surface area contributed by atoms with Crippen molar-refractivity contribution >= 4 is 24.0 Å². The highest BCUT2D eigenvalue weighted by molar-refractivity contribution is 5.91. The van der Waals surface area contributed by atoms with E-state index in [0.29, 0.717) is 18.0 Å². The van der Waals surface area contributed by atoms with Crippen LogP contribution < -0.4 is 15.8 Å². The van der Waals surface area contributed by atoms with E-state index in [9.17, 15) is 4.79 Å². The van der Waals surface area contributed by atoms with Crippen molar-refractivity contribution in [3.8, 4) is 11.5 Å². The van der Waals surface area contributed by atoms with Crippen LogP contribution in [0.2, 0.25) is 0 Å². The van der Waals surface area contributed by atoms with Gasteiger partial charge < -0.3 is 20.5 Å². The maximum atomic E-state index is 11.9. The van der Waals surface area contributed by atoms with Crippen LogP contribution in [0.15, 0.2) is 48.5 Å². The van der Waals surface area contributed by atoms with Gasteiger partial charge in [0.05, 0.1) is 12.5 Å². The fourth-order valence-electron chi connectivity index (χ4n) is 2.10. The number of halogens is 1. The third-order valence-corrected chi connectivity index (χ3v) is 3.37. The Kier molecular flexibility index (Phi) is 8.26. The standard InChI is InChI=1S/C18H22N2O3.ClH/c1-13-4-3-5-16(10-13)23-15-8-6-14(7-9-15)20-18(21)11-17(12-19)22-2;/h3-10,17H,11-12,19H2,1-2H3,(H,20,21);1H. The number of nitrogens with one attached hydrogen (secondary N) is 1. The second-order valence-electron chi connectivity index (χ2n) is 5.29. The van der Waals surface area contributed by atoms with E-state index >= 15 is 0 Å². The number of anilines is 1. The lowest BCUT2D eigenvalue weighted by Crippen LogP contribution is -2.28. The molecule has 0 aliphatic carbocycles. The second kappa shape index (κ2) is 9.93. The van der Waals surface area contributed by atoms with Crippen LogP contribution in [0.5, 0.6) is 11.5 Å². The highest BCUT2D eigenvalue weighted by Gasteiger charge is 2.11. The molecule has 2 rings (SSSR count). The molecule has 130 valence electrons. The van der Waals surface area contributed by atoms with E-state index in [4.69, 9.17) is 15.2 Å². The summed E-state index contributed by atoms with van der Waals surface area (Å²) in [5.41, 5.74) is 7.35. The van der Waals surface area contributed by atoms with Crippen LogP contribution in [0.1, 0.15) is 12.0 Å². The van der Waals surface area contributed by atoms with Crippen molar-refractivity contribution in [1.29, 1.82) is 0 Å². The predicted molar refractivity (Wildman–Crippen MR) is 98.0 cm³/mol. The first-order valence-corrected chi connectivity index (χ1v) is 7.48. The molecule has 0 fully saturated rings. The van der Waals surface area contributed by atoms with Crippen molar-refractivity contribution < 1.29 is 14.3 Å². The highest BCUT2D eigenvalue weighted by atomic mass is 35.5. The zero-order chi connectivity index (χ0) is 16.7. The molecule has 0 aliphatic heterocycles. The average molecular weight is 351 g/mol. The van der Waals surface area contributed by atoms with Crippen LogP contribution in [-0.2, 0) is 9.53 Å². The average Bonchev–Trinajstić information content (AvgIpc) is 2.54. The van der Waals surface area contributed by atoms with Gasteiger partial charge in [0.25, 0.3) is 0 Å². The van der Waals surface area contributed by atoms with Gasteiger partial charge in [0.2, 0.25) is 5.91 Å². The number of carbonyl (C=O) groups excluding carboxylic acids is 1. The highest BCUT2D eigenvalue weighted by Crippen LogP contribution is 2.23. The van der Waals surface area contributed by atoms with Crippen molar-refractivity contribution in [2.75, 3.05) is 19.0 Å². The maximum Gasteiger partial charge on any atom is 0.227 e. The van der Waals surface area contributed by atoms with E-state index < -0.39 is 0 Å². The molecule has 0 saturated carbocycles. The van der Waals surface area contributed by atoms with Gasteiger partial charge in [0.15, 0.2) is 0 Å². The number of hydrogen-bond donors (Lipinski definition) is 2. The second-order valence-corrected chi connectivity index (χ2v) is 5.29. The van der Waals surface area contributed by atoms with Crippen LogP contribution in [0, 0.1) is 6.92 Å². The first-order chi connectivity index (χ1) is 11.1. The van der Waals surface area contributed by atoms with Crippen LogP contribution in [0.25, 0.3) is 0 Å².